The molecule has 96 valence electrons. The molecule has 3 aromatic rings. The molecule has 0 aliphatic heterocycles. The summed E-state index contributed by atoms with van der Waals surface area (Å²) in [4.78, 5) is 18.9. The van der Waals surface area contributed by atoms with Gasteiger partial charge in [-0.2, -0.15) is 10.4 Å². The van der Waals surface area contributed by atoms with Crippen molar-refractivity contribution >= 4 is 16.9 Å². The molecule has 0 aliphatic carbocycles. The third kappa shape index (κ3) is 1.76. The Morgan fingerprint density at radius 3 is 2.95 bits per heavy atom. The highest BCUT2D eigenvalue weighted by molar-refractivity contribution is 6.02. The highest BCUT2D eigenvalue weighted by Gasteiger charge is 2.13. The van der Waals surface area contributed by atoms with Gasteiger partial charge in [0.05, 0.1) is 29.2 Å². The number of rotatable bonds is 2. The normalized spacial score (nSPS) is 10.3. The van der Waals surface area contributed by atoms with Crippen LogP contribution < -0.4 is 0 Å². The van der Waals surface area contributed by atoms with E-state index in [4.69, 9.17) is 10.4 Å². The van der Waals surface area contributed by atoms with Crippen molar-refractivity contribution in [3.05, 3.63) is 48.2 Å². The lowest BCUT2D eigenvalue weighted by atomic mass is 10.2. The van der Waals surface area contributed by atoms with Crippen molar-refractivity contribution in [3.63, 3.8) is 0 Å². The van der Waals surface area contributed by atoms with E-state index in [-0.39, 0.29) is 11.3 Å². The first-order valence-electron chi connectivity index (χ1n) is 5.62. The minimum absolute atomic E-state index is 0.0864. The molecule has 1 N–H and O–H groups in total. The predicted octanol–water partition coefficient (Wildman–Crippen LogP) is 1.39. The zero-order valence-corrected chi connectivity index (χ0v) is 10.1. The number of nitrogens with zero attached hydrogens (tertiary/aromatic N) is 5. The summed E-state index contributed by atoms with van der Waals surface area (Å²) >= 11 is 0. The third-order valence-electron chi connectivity index (χ3n) is 2.83. The van der Waals surface area contributed by atoms with E-state index in [1.807, 2.05) is 6.07 Å². The third-order valence-corrected chi connectivity index (χ3v) is 2.83. The van der Waals surface area contributed by atoms with Crippen LogP contribution in [0.1, 0.15) is 16.1 Å². The van der Waals surface area contributed by atoms with Crippen molar-refractivity contribution in [2.45, 2.75) is 0 Å². The van der Waals surface area contributed by atoms with Gasteiger partial charge in [-0.25, -0.2) is 14.5 Å². The van der Waals surface area contributed by atoms with Crippen molar-refractivity contribution in [2.75, 3.05) is 0 Å². The van der Waals surface area contributed by atoms with Crippen LogP contribution in [0.25, 0.3) is 16.6 Å². The van der Waals surface area contributed by atoms with E-state index in [9.17, 15) is 4.79 Å². The van der Waals surface area contributed by atoms with E-state index >= 15 is 0 Å². The maximum Gasteiger partial charge on any atom is 0.338 e. The number of pyridine rings is 2. The minimum Gasteiger partial charge on any atom is -0.478 e. The number of carboxylic acids is 1. The summed E-state index contributed by atoms with van der Waals surface area (Å²) in [6.07, 6.45) is 5.77. The van der Waals surface area contributed by atoms with E-state index in [0.717, 1.165) is 0 Å². The molecule has 0 saturated carbocycles. The zero-order valence-electron chi connectivity index (χ0n) is 10.1. The Kier molecular flexibility index (Phi) is 2.62. The van der Waals surface area contributed by atoms with E-state index in [1.165, 1.54) is 29.5 Å². The summed E-state index contributed by atoms with van der Waals surface area (Å²) in [5.41, 5.74) is 1.52. The number of carboxylic acid groups (broad SMARTS) is 1. The van der Waals surface area contributed by atoms with Crippen LogP contribution in [0.3, 0.4) is 0 Å². The van der Waals surface area contributed by atoms with Crippen molar-refractivity contribution < 1.29 is 9.90 Å². The Morgan fingerprint density at radius 1 is 1.35 bits per heavy atom. The molecular formula is C13H7N5O2. The van der Waals surface area contributed by atoms with Crippen molar-refractivity contribution in [1.82, 2.24) is 19.7 Å². The Balaban J connectivity index is 2.25. The van der Waals surface area contributed by atoms with Crippen LogP contribution in [0.2, 0.25) is 0 Å². The van der Waals surface area contributed by atoms with Gasteiger partial charge in [0.15, 0.2) is 0 Å². The Hall–Kier alpha value is -3.27. The standard InChI is InChI=1S/C13H7N5O2/c14-4-8-3-9(1-2-16-8)18-12-7-15-5-11(13(19)20)10(12)6-17-18/h1-3,5-7H,(H,19,20). The monoisotopic (exact) mass is 265 g/mol. The van der Waals surface area contributed by atoms with Gasteiger partial charge in [-0.3, -0.25) is 4.98 Å². The Morgan fingerprint density at radius 2 is 2.20 bits per heavy atom. The molecule has 3 rings (SSSR count). The second kappa shape index (κ2) is 4.44. The first-order valence-corrected chi connectivity index (χ1v) is 5.62. The second-order valence-corrected chi connectivity index (χ2v) is 3.99. The lowest BCUT2D eigenvalue weighted by Gasteiger charge is -2.03. The molecule has 0 amide bonds. The van der Waals surface area contributed by atoms with Crippen molar-refractivity contribution in [2.24, 2.45) is 0 Å². The quantitative estimate of drug-likeness (QED) is 0.750. The molecule has 3 heterocycles. The van der Waals surface area contributed by atoms with Crippen LogP contribution in [0.4, 0.5) is 0 Å². The van der Waals surface area contributed by atoms with Gasteiger partial charge in [0, 0.05) is 23.8 Å². The Labute approximate surface area is 112 Å². The maximum atomic E-state index is 11.1. The van der Waals surface area contributed by atoms with E-state index < -0.39 is 5.97 Å². The largest absolute Gasteiger partial charge is 0.478 e. The minimum atomic E-state index is -1.06. The van der Waals surface area contributed by atoms with Gasteiger partial charge < -0.3 is 5.11 Å². The van der Waals surface area contributed by atoms with Crippen molar-refractivity contribution in [3.8, 4) is 11.8 Å². The predicted molar refractivity (Wildman–Crippen MR) is 68.3 cm³/mol. The summed E-state index contributed by atoms with van der Waals surface area (Å²) in [5, 5.41) is 22.6. The van der Waals surface area contributed by atoms with Gasteiger partial charge in [0.25, 0.3) is 0 Å². The number of carbonyl (C=O) groups is 1. The molecule has 3 aromatic heterocycles. The maximum absolute atomic E-state index is 11.1. The average Bonchev–Trinajstić information content (AvgIpc) is 2.91. The molecule has 0 bridgehead atoms. The smallest absolute Gasteiger partial charge is 0.338 e. The van der Waals surface area contributed by atoms with Crippen LogP contribution in [0.15, 0.2) is 36.9 Å². The average molecular weight is 265 g/mol. The molecular weight excluding hydrogens is 258 g/mol. The number of aromatic nitrogens is 4. The number of aromatic carboxylic acids is 1. The molecule has 0 aliphatic rings. The molecule has 20 heavy (non-hydrogen) atoms. The molecule has 0 atom stereocenters. The summed E-state index contributed by atoms with van der Waals surface area (Å²) in [6.45, 7) is 0. The number of hydrogen-bond acceptors (Lipinski definition) is 5. The van der Waals surface area contributed by atoms with E-state index in [2.05, 4.69) is 15.1 Å². The number of nitriles is 1. The Bertz CT molecular complexity index is 863. The van der Waals surface area contributed by atoms with Crippen LogP contribution in [0.5, 0.6) is 0 Å². The van der Waals surface area contributed by atoms with Gasteiger partial charge in [0.1, 0.15) is 11.8 Å². The molecule has 0 radical (unpaired) electrons. The molecule has 0 saturated heterocycles. The van der Waals surface area contributed by atoms with Crippen molar-refractivity contribution in [1.29, 1.82) is 5.26 Å². The molecule has 0 fully saturated rings. The summed E-state index contributed by atoms with van der Waals surface area (Å²) in [5.74, 6) is -1.06. The first-order chi connectivity index (χ1) is 9.70. The van der Waals surface area contributed by atoms with Gasteiger partial charge >= 0.3 is 5.97 Å². The number of fused-ring (bicyclic) bond motifs is 1. The fourth-order valence-corrected chi connectivity index (χ4v) is 1.93. The molecule has 0 spiro atoms. The summed E-state index contributed by atoms with van der Waals surface area (Å²) < 4.78 is 1.53. The van der Waals surface area contributed by atoms with Gasteiger partial charge in [-0.15, -0.1) is 0 Å². The van der Waals surface area contributed by atoms with E-state index in [1.54, 1.807) is 12.1 Å². The molecule has 0 unspecified atom stereocenters. The van der Waals surface area contributed by atoms with E-state index in [0.29, 0.717) is 16.6 Å². The highest BCUT2D eigenvalue weighted by Crippen LogP contribution is 2.20. The number of hydrogen-bond donors (Lipinski definition) is 1. The molecule has 7 heteroatoms. The lowest BCUT2D eigenvalue weighted by molar-refractivity contribution is 0.0698. The molecule has 0 aromatic carbocycles. The van der Waals surface area contributed by atoms with Crippen LogP contribution >= 0.6 is 0 Å². The zero-order chi connectivity index (χ0) is 14.1. The topological polar surface area (TPSA) is 105 Å². The summed E-state index contributed by atoms with van der Waals surface area (Å²) in [7, 11) is 0. The fraction of sp³-hybridized carbons (Fsp3) is 0. The van der Waals surface area contributed by atoms with Crippen LogP contribution in [-0.4, -0.2) is 30.8 Å². The van der Waals surface area contributed by atoms with Gasteiger partial charge in [-0.1, -0.05) is 0 Å². The summed E-state index contributed by atoms with van der Waals surface area (Å²) in [6, 6.07) is 5.20. The van der Waals surface area contributed by atoms with Crippen LogP contribution in [0, 0.1) is 11.3 Å². The SMILES string of the molecule is N#Cc1cc(-n2ncc3c(C(=O)O)cncc32)ccn1. The first kappa shape index (κ1) is 11.8. The van der Waals surface area contributed by atoms with Gasteiger partial charge in [-0.05, 0) is 6.07 Å². The highest BCUT2D eigenvalue weighted by atomic mass is 16.4. The fourth-order valence-electron chi connectivity index (χ4n) is 1.93. The van der Waals surface area contributed by atoms with Crippen LogP contribution in [-0.2, 0) is 0 Å². The lowest BCUT2D eigenvalue weighted by Crippen LogP contribution is -2.00. The van der Waals surface area contributed by atoms with Gasteiger partial charge in [0.2, 0.25) is 0 Å². The molecule has 7 nitrogen and oxygen atoms in total. The second-order valence-electron chi connectivity index (χ2n) is 3.99.